The number of aliphatic hydroxyl groups is 1. The summed E-state index contributed by atoms with van der Waals surface area (Å²) in [6, 6.07) is 6.76. The van der Waals surface area contributed by atoms with Crippen LogP contribution in [0.1, 0.15) is 31.4 Å². The first kappa shape index (κ1) is 14.3. The summed E-state index contributed by atoms with van der Waals surface area (Å²) in [7, 11) is -3.36. The number of hydrogen-bond acceptors (Lipinski definition) is 4. The van der Waals surface area contributed by atoms with E-state index in [0.29, 0.717) is 31.7 Å². The quantitative estimate of drug-likeness (QED) is 0.882. The second kappa shape index (κ2) is 5.90. The maximum atomic E-state index is 12.2. The highest BCUT2D eigenvalue weighted by Crippen LogP contribution is 2.21. The fourth-order valence-corrected chi connectivity index (χ4v) is 3.51. The van der Waals surface area contributed by atoms with Crippen molar-refractivity contribution in [3.8, 4) is 0 Å². The first-order valence-corrected chi connectivity index (χ1v) is 7.91. The van der Waals surface area contributed by atoms with E-state index >= 15 is 0 Å². The number of anilines is 1. The fraction of sp³-hybridized carbons (Fsp3) is 0.538. The Kier molecular flexibility index (Phi) is 4.44. The lowest BCUT2D eigenvalue weighted by atomic mass is 10.1. The van der Waals surface area contributed by atoms with Gasteiger partial charge < -0.3 is 9.84 Å². The summed E-state index contributed by atoms with van der Waals surface area (Å²) in [4.78, 5) is 0. The molecule has 1 atom stereocenters. The van der Waals surface area contributed by atoms with Crippen LogP contribution in [-0.4, -0.2) is 32.0 Å². The van der Waals surface area contributed by atoms with E-state index in [2.05, 4.69) is 4.72 Å². The number of aliphatic hydroxyl groups excluding tert-OH is 1. The van der Waals surface area contributed by atoms with Crippen molar-refractivity contribution in [1.29, 1.82) is 0 Å². The van der Waals surface area contributed by atoms with E-state index in [0.717, 1.165) is 5.56 Å². The Hall–Kier alpha value is -1.11. The van der Waals surface area contributed by atoms with Gasteiger partial charge in [-0.1, -0.05) is 12.1 Å². The molecule has 0 bridgehead atoms. The highest BCUT2D eigenvalue weighted by molar-refractivity contribution is 7.93. The molecule has 1 aliphatic heterocycles. The fourth-order valence-electron chi connectivity index (χ4n) is 2.06. The molecule has 0 spiro atoms. The zero-order chi connectivity index (χ0) is 13.9. The van der Waals surface area contributed by atoms with Crippen molar-refractivity contribution in [3.05, 3.63) is 29.8 Å². The van der Waals surface area contributed by atoms with Crippen molar-refractivity contribution < 1.29 is 18.3 Å². The van der Waals surface area contributed by atoms with Crippen LogP contribution < -0.4 is 4.72 Å². The number of hydrogen-bond donors (Lipinski definition) is 2. The summed E-state index contributed by atoms with van der Waals surface area (Å²) in [5, 5.41) is 9.01. The molecular weight excluding hydrogens is 266 g/mol. The van der Waals surface area contributed by atoms with Gasteiger partial charge in [0, 0.05) is 18.9 Å². The summed E-state index contributed by atoms with van der Waals surface area (Å²) in [6.07, 6.45) is 0.503. The number of rotatable bonds is 4. The van der Waals surface area contributed by atoms with Crippen molar-refractivity contribution in [2.75, 3.05) is 17.9 Å². The summed E-state index contributed by atoms with van der Waals surface area (Å²) < 4.78 is 32.1. The third-order valence-electron chi connectivity index (χ3n) is 3.26. The Morgan fingerprint density at radius 2 is 1.84 bits per heavy atom. The molecule has 19 heavy (non-hydrogen) atoms. The van der Waals surface area contributed by atoms with Gasteiger partial charge in [0.1, 0.15) is 0 Å². The minimum atomic E-state index is -3.36. The topological polar surface area (TPSA) is 75.6 Å². The molecule has 0 amide bonds. The van der Waals surface area contributed by atoms with Gasteiger partial charge in [0.05, 0.1) is 11.4 Å². The predicted octanol–water partition coefficient (Wildman–Crippen LogP) is 1.66. The normalized spacial score (nSPS) is 19.1. The molecular formula is C13H19NO4S. The lowest BCUT2D eigenvalue weighted by Crippen LogP contribution is -2.33. The third-order valence-corrected chi connectivity index (χ3v) is 5.13. The van der Waals surface area contributed by atoms with Gasteiger partial charge in [-0.2, -0.15) is 0 Å². The predicted molar refractivity (Wildman–Crippen MR) is 73.5 cm³/mol. The van der Waals surface area contributed by atoms with Gasteiger partial charge in [-0.15, -0.1) is 0 Å². The van der Waals surface area contributed by atoms with E-state index in [9.17, 15) is 13.5 Å². The van der Waals surface area contributed by atoms with Gasteiger partial charge in [-0.25, -0.2) is 8.42 Å². The molecule has 1 heterocycles. The average Bonchev–Trinajstić information content (AvgIpc) is 2.40. The highest BCUT2D eigenvalue weighted by Gasteiger charge is 2.27. The van der Waals surface area contributed by atoms with Crippen LogP contribution >= 0.6 is 0 Å². The molecule has 6 heteroatoms. The number of benzene rings is 1. The van der Waals surface area contributed by atoms with E-state index in [-0.39, 0.29) is 0 Å². The smallest absolute Gasteiger partial charge is 0.235 e. The molecule has 1 aliphatic rings. The van der Waals surface area contributed by atoms with Crippen LogP contribution in [0.2, 0.25) is 0 Å². The molecule has 1 fully saturated rings. The van der Waals surface area contributed by atoms with Crippen LogP contribution in [0.25, 0.3) is 0 Å². The molecule has 2 N–H and O–H groups in total. The molecule has 1 unspecified atom stereocenters. The van der Waals surface area contributed by atoms with Gasteiger partial charge in [-0.3, -0.25) is 4.72 Å². The van der Waals surface area contributed by atoms with E-state index in [1.165, 1.54) is 0 Å². The lowest BCUT2D eigenvalue weighted by molar-refractivity contribution is 0.0984. The van der Waals surface area contributed by atoms with E-state index in [1.807, 2.05) is 0 Å². The zero-order valence-corrected chi connectivity index (χ0v) is 11.7. The SMILES string of the molecule is CC(O)c1ccc(NS(=O)(=O)C2CCOCC2)cc1. The summed E-state index contributed by atoms with van der Waals surface area (Å²) >= 11 is 0. The Morgan fingerprint density at radius 1 is 1.26 bits per heavy atom. The minimum absolute atomic E-state index is 0.391. The van der Waals surface area contributed by atoms with Crippen molar-refractivity contribution in [2.24, 2.45) is 0 Å². The minimum Gasteiger partial charge on any atom is -0.389 e. The standard InChI is InChI=1S/C13H19NO4S/c1-10(15)11-2-4-12(5-3-11)14-19(16,17)13-6-8-18-9-7-13/h2-5,10,13-15H,6-9H2,1H3. The van der Waals surface area contributed by atoms with Crippen LogP contribution in [-0.2, 0) is 14.8 Å². The van der Waals surface area contributed by atoms with Crippen molar-refractivity contribution in [3.63, 3.8) is 0 Å². The molecule has 0 aliphatic carbocycles. The van der Waals surface area contributed by atoms with Crippen LogP contribution in [0, 0.1) is 0 Å². The third kappa shape index (κ3) is 3.68. The van der Waals surface area contributed by atoms with Crippen molar-refractivity contribution in [1.82, 2.24) is 0 Å². The summed E-state index contributed by atoms with van der Waals surface area (Å²) in [5.41, 5.74) is 1.28. The van der Waals surface area contributed by atoms with E-state index < -0.39 is 21.4 Å². The maximum Gasteiger partial charge on any atom is 0.235 e. The zero-order valence-electron chi connectivity index (χ0n) is 10.9. The Balaban J connectivity index is 2.06. The summed E-state index contributed by atoms with van der Waals surface area (Å²) in [5.74, 6) is 0. The maximum absolute atomic E-state index is 12.2. The van der Waals surface area contributed by atoms with Crippen LogP contribution in [0.15, 0.2) is 24.3 Å². The molecule has 0 radical (unpaired) electrons. The number of sulfonamides is 1. The second-order valence-electron chi connectivity index (χ2n) is 4.76. The molecule has 5 nitrogen and oxygen atoms in total. The Labute approximate surface area is 113 Å². The van der Waals surface area contributed by atoms with Gasteiger partial charge in [0.25, 0.3) is 0 Å². The van der Waals surface area contributed by atoms with Crippen molar-refractivity contribution >= 4 is 15.7 Å². The molecule has 1 saturated heterocycles. The van der Waals surface area contributed by atoms with Crippen LogP contribution in [0.4, 0.5) is 5.69 Å². The molecule has 2 rings (SSSR count). The number of ether oxygens (including phenoxy) is 1. The van der Waals surface area contributed by atoms with E-state index in [1.54, 1.807) is 31.2 Å². The van der Waals surface area contributed by atoms with Crippen molar-refractivity contribution in [2.45, 2.75) is 31.1 Å². The monoisotopic (exact) mass is 285 g/mol. The molecule has 1 aromatic carbocycles. The largest absolute Gasteiger partial charge is 0.389 e. The second-order valence-corrected chi connectivity index (χ2v) is 6.72. The lowest BCUT2D eigenvalue weighted by Gasteiger charge is -2.22. The molecule has 1 aromatic rings. The Morgan fingerprint density at radius 3 is 2.37 bits per heavy atom. The van der Waals surface area contributed by atoms with Gasteiger partial charge in [0.2, 0.25) is 10.0 Å². The van der Waals surface area contributed by atoms with Crippen LogP contribution in [0.5, 0.6) is 0 Å². The number of nitrogens with one attached hydrogen (secondary N) is 1. The first-order valence-electron chi connectivity index (χ1n) is 6.36. The first-order chi connectivity index (χ1) is 8.99. The van der Waals surface area contributed by atoms with E-state index in [4.69, 9.17) is 4.74 Å². The molecule has 0 aromatic heterocycles. The van der Waals surface area contributed by atoms with Gasteiger partial charge in [-0.05, 0) is 37.5 Å². The van der Waals surface area contributed by atoms with Gasteiger partial charge >= 0.3 is 0 Å². The average molecular weight is 285 g/mol. The van der Waals surface area contributed by atoms with Crippen LogP contribution in [0.3, 0.4) is 0 Å². The molecule has 0 saturated carbocycles. The summed E-state index contributed by atoms with van der Waals surface area (Å²) in [6.45, 7) is 2.65. The highest BCUT2D eigenvalue weighted by atomic mass is 32.2. The van der Waals surface area contributed by atoms with Gasteiger partial charge in [0.15, 0.2) is 0 Å². The molecule has 106 valence electrons. The Bertz CT molecular complexity index is 504.